The molecule has 138 valence electrons. The van der Waals surface area contributed by atoms with Crippen LogP contribution in [0.2, 0.25) is 0 Å². The third kappa shape index (κ3) is 2.76. The summed E-state index contributed by atoms with van der Waals surface area (Å²) >= 11 is 0. The highest BCUT2D eigenvalue weighted by atomic mass is 16.5. The number of fused-ring (bicyclic) bond motifs is 2. The molecule has 2 aliphatic heterocycles. The molecule has 1 spiro atoms. The average molecular weight is 356 g/mol. The highest BCUT2D eigenvalue weighted by Crippen LogP contribution is 2.45. The van der Waals surface area contributed by atoms with E-state index < -0.39 is 0 Å². The molecule has 4 rings (SSSR count). The van der Waals surface area contributed by atoms with Crippen LogP contribution in [0.1, 0.15) is 36.9 Å². The summed E-state index contributed by atoms with van der Waals surface area (Å²) in [5, 5.41) is 4.08. The standard InChI is InChI=1S/C19H24N4O3/c1-14(23-13-20-12-21-23)18(24)22-9-7-19(8-10-22)17-15(6-11-26-19)4-3-5-16(17)25-2/h3-5,12-14H,6-11H2,1-2H3. The first kappa shape index (κ1) is 17.0. The smallest absolute Gasteiger partial charge is 0.247 e. The van der Waals surface area contributed by atoms with Gasteiger partial charge in [-0.3, -0.25) is 4.79 Å². The molecule has 7 nitrogen and oxygen atoms in total. The van der Waals surface area contributed by atoms with E-state index in [0.29, 0.717) is 19.7 Å². The zero-order chi connectivity index (χ0) is 18.1. The molecule has 2 aliphatic rings. The largest absolute Gasteiger partial charge is 0.496 e. The van der Waals surface area contributed by atoms with Crippen molar-refractivity contribution in [2.75, 3.05) is 26.8 Å². The minimum Gasteiger partial charge on any atom is -0.496 e. The summed E-state index contributed by atoms with van der Waals surface area (Å²) in [5.74, 6) is 0.958. The molecular weight excluding hydrogens is 332 g/mol. The monoisotopic (exact) mass is 356 g/mol. The predicted molar refractivity (Wildman–Crippen MR) is 94.9 cm³/mol. The van der Waals surface area contributed by atoms with Crippen molar-refractivity contribution in [3.05, 3.63) is 42.0 Å². The van der Waals surface area contributed by atoms with E-state index in [9.17, 15) is 4.79 Å². The fourth-order valence-corrected chi connectivity index (χ4v) is 4.18. The maximum absolute atomic E-state index is 12.8. The van der Waals surface area contributed by atoms with Crippen LogP contribution in [-0.2, 0) is 21.6 Å². The van der Waals surface area contributed by atoms with E-state index in [-0.39, 0.29) is 17.6 Å². The molecule has 2 aromatic rings. The van der Waals surface area contributed by atoms with Gasteiger partial charge in [0, 0.05) is 18.7 Å². The van der Waals surface area contributed by atoms with Crippen molar-refractivity contribution in [3.8, 4) is 5.75 Å². The second-order valence-corrected chi connectivity index (χ2v) is 6.96. The quantitative estimate of drug-likeness (QED) is 0.841. The van der Waals surface area contributed by atoms with Gasteiger partial charge in [-0.15, -0.1) is 0 Å². The van der Waals surface area contributed by atoms with Crippen LogP contribution >= 0.6 is 0 Å². The second kappa shape index (κ2) is 6.72. The van der Waals surface area contributed by atoms with Crippen LogP contribution in [0.4, 0.5) is 0 Å². The average Bonchev–Trinajstić information content (AvgIpc) is 3.22. The molecule has 7 heteroatoms. The van der Waals surface area contributed by atoms with Crippen molar-refractivity contribution < 1.29 is 14.3 Å². The van der Waals surface area contributed by atoms with Crippen LogP contribution < -0.4 is 4.74 Å². The summed E-state index contributed by atoms with van der Waals surface area (Å²) in [4.78, 5) is 18.6. The summed E-state index contributed by atoms with van der Waals surface area (Å²) in [6, 6.07) is 5.85. The normalized spacial score (nSPS) is 19.8. The van der Waals surface area contributed by atoms with Gasteiger partial charge in [0.25, 0.3) is 0 Å². The van der Waals surface area contributed by atoms with Crippen molar-refractivity contribution in [2.45, 2.75) is 37.8 Å². The van der Waals surface area contributed by atoms with E-state index in [4.69, 9.17) is 9.47 Å². The Kier molecular flexibility index (Phi) is 4.40. The van der Waals surface area contributed by atoms with E-state index in [0.717, 1.165) is 25.0 Å². The molecule has 1 fully saturated rings. The lowest BCUT2D eigenvalue weighted by atomic mass is 9.78. The lowest BCUT2D eigenvalue weighted by Gasteiger charge is -2.45. The molecule has 1 aromatic carbocycles. The molecule has 0 N–H and O–H groups in total. The van der Waals surface area contributed by atoms with Gasteiger partial charge in [0.15, 0.2) is 0 Å². The van der Waals surface area contributed by atoms with Crippen LogP contribution in [0, 0.1) is 0 Å². The van der Waals surface area contributed by atoms with E-state index >= 15 is 0 Å². The van der Waals surface area contributed by atoms with Crippen LogP contribution in [-0.4, -0.2) is 52.4 Å². The molecule has 1 amide bonds. The van der Waals surface area contributed by atoms with Gasteiger partial charge in [-0.25, -0.2) is 9.67 Å². The number of hydrogen-bond acceptors (Lipinski definition) is 5. The molecular formula is C19H24N4O3. The van der Waals surface area contributed by atoms with Crippen molar-refractivity contribution >= 4 is 5.91 Å². The number of rotatable bonds is 3. The van der Waals surface area contributed by atoms with Crippen LogP contribution in [0.25, 0.3) is 0 Å². The molecule has 0 aliphatic carbocycles. The number of nitrogens with zero attached hydrogens (tertiary/aromatic N) is 4. The van der Waals surface area contributed by atoms with Gasteiger partial charge in [0.2, 0.25) is 5.91 Å². The topological polar surface area (TPSA) is 69.5 Å². The number of carbonyl (C=O) groups is 1. The Morgan fingerprint density at radius 1 is 1.35 bits per heavy atom. The Bertz CT molecular complexity index is 768. The minimum absolute atomic E-state index is 0.0707. The Morgan fingerprint density at radius 3 is 2.85 bits per heavy atom. The van der Waals surface area contributed by atoms with Gasteiger partial charge in [-0.2, -0.15) is 5.10 Å². The van der Waals surface area contributed by atoms with Crippen LogP contribution in [0.5, 0.6) is 5.75 Å². The summed E-state index contributed by atoms with van der Waals surface area (Å²) in [6.45, 7) is 3.89. The SMILES string of the molecule is COc1cccc2c1C1(CCN(C(=O)C(C)n3cncn3)CC1)OCC2. The highest BCUT2D eigenvalue weighted by Gasteiger charge is 2.44. The maximum atomic E-state index is 12.8. The Labute approximate surface area is 152 Å². The van der Waals surface area contributed by atoms with Gasteiger partial charge in [-0.1, -0.05) is 12.1 Å². The van der Waals surface area contributed by atoms with Crippen molar-refractivity contribution in [1.82, 2.24) is 19.7 Å². The Morgan fingerprint density at radius 2 is 2.15 bits per heavy atom. The molecule has 1 unspecified atom stereocenters. The minimum atomic E-state index is -0.354. The van der Waals surface area contributed by atoms with Crippen molar-refractivity contribution in [3.63, 3.8) is 0 Å². The zero-order valence-corrected chi connectivity index (χ0v) is 15.2. The third-order valence-electron chi connectivity index (χ3n) is 5.61. The number of benzene rings is 1. The molecule has 1 atom stereocenters. The summed E-state index contributed by atoms with van der Waals surface area (Å²) < 4.78 is 13.5. The molecule has 26 heavy (non-hydrogen) atoms. The highest BCUT2D eigenvalue weighted by molar-refractivity contribution is 5.80. The first-order valence-electron chi connectivity index (χ1n) is 9.08. The van der Waals surface area contributed by atoms with Gasteiger partial charge in [-0.05, 0) is 37.8 Å². The number of likely N-dealkylation sites (tertiary alicyclic amines) is 1. The van der Waals surface area contributed by atoms with E-state index in [1.807, 2.05) is 24.0 Å². The molecule has 1 aromatic heterocycles. The predicted octanol–water partition coefficient (Wildman–Crippen LogP) is 1.94. The Hall–Kier alpha value is -2.41. The van der Waals surface area contributed by atoms with Gasteiger partial charge < -0.3 is 14.4 Å². The van der Waals surface area contributed by atoms with Crippen LogP contribution in [0.15, 0.2) is 30.9 Å². The van der Waals surface area contributed by atoms with Crippen molar-refractivity contribution in [1.29, 1.82) is 0 Å². The lowest BCUT2D eigenvalue weighted by molar-refractivity contribution is -0.144. The molecule has 0 saturated carbocycles. The fourth-order valence-electron chi connectivity index (χ4n) is 4.18. The van der Waals surface area contributed by atoms with Gasteiger partial charge in [0.1, 0.15) is 30.0 Å². The summed E-state index contributed by atoms with van der Waals surface area (Å²) in [6.07, 6.45) is 5.49. The Balaban J connectivity index is 1.53. The maximum Gasteiger partial charge on any atom is 0.247 e. The third-order valence-corrected chi connectivity index (χ3v) is 5.61. The number of piperidine rings is 1. The van der Waals surface area contributed by atoms with Crippen molar-refractivity contribution in [2.24, 2.45) is 0 Å². The number of aromatic nitrogens is 3. The number of ether oxygens (including phenoxy) is 2. The first-order valence-corrected chi connectivity index (χ1v) is 9.08. The fraction of sp³-hybridized carbons (Fsp3) is 0.526. The van der Waals surface area contributed by atoms with Crippen LogP contribution in [0.3, 0.4) is 0 Å². The van der Waals surface area contributed by atoms with E-state index in [1.165, 1.54) is 17.5 Å². The number of amides is 1. The van der Waals surface area contributed by atoms with E-state index in [2.05, 4.69) is 16.1 Å². The summed E-state index contributed by atoms with van der Waals surface area (Å²) in [7, 11) is 1.70. The van der Waals surface area contributed by atoms with E-state index in [1.54, 1.807) is 18.1 Å². The van der Waals surface area contributed by atoms with Gasteiger partial charge >= 0.3 is 0 Å². The molecule has 0 radical (unpaired) electrons. The number of carbonyl (C=O) groups excluding carboxylic acids is 1. The zero-order valence-electron chi connectivity index (χ0n) is 15.2. The number of methoxy groups -OCH3 is 1. The number of hydrogen-bond donors (Lipinski definition) is 0. The lowest BCUT2D eigenvalue weighted by Crippen LogP contribution is -2.49. The molecule has 3 heterocycles. The van der Waals surface area contributed by atoms with Gasteiger partial charge in [0.05, 0.1) is 13.7 Å². The summed E-state index contributed by atoms with van der Waals surface area (Å²) in [5.41, 5.74) is 2.12. The first-order chi connectivity index (χ1) is 12.6. The molecule has 0 bridgehead atoms. The molecule has 1 saturated heterocycles. The second-order valence-electron chi connectivity index (χ2n) is 6.96.